The van der Waals surface area contributed by atoms with E-state index in [0.717, 1.165) is 24.3 Å². The lowest BCUT2D eigenvalue weighted by atomic mass is 10.1. The summed E-state index contributed by atoms with van der Waals surface area (Å²) in [5, 5.41) is 3.07. The van der Waals surface area contributed by atoms with Crippen LogP contribution in [0.1, 0.15) is 29.5 Å². The molecule has 5 heteroatoms. The van der Waals surface area contributed by atoms with Crippen LogP contribution in [0, 0.1) is 6.92 Å². The van der Waals surface area contributed by atoms with Crippen LogP contribution >= 0.6 is 0 Å². The molecule has 3 rings (SSSR count). The summed E-state index contributed by atoms with van der Waals surface area (Å²) < 4.78 is 0. The van der Waals surface area contributed by atoms with Crippen molar-refractivity contribution in [3.63, 3.8) is 0 Å². The number of hydrogen-bond acceptors (Lipinski definition) is 2. The van der Waals surface area contributed by atoms with Crippen molar-refractivity contribution in [2.75, 3.05) is 11.9 Å². The highest BCUT2D eigenvalue weighted by Gasteiger charge is 2.21. The zero-order chi connectivity index (χ0) is 17.6. The van der Waals surface area contributed by atoms with Gasteiger partial charge in [-0.2, -0.15) is 0 Å². The second-order valence-corrected chi connectivity index (χ2v) is 6.38. The molecule has 1 aliphatic rings. The fourth-order valence-corrected chi connectivity index (χ4v) is 3.01. The summed E-state index contributed by atoms with van der Waals surface area (Å²) in [7, 11) is 0. The van der Waals surface area contributed by atoms with Crippen molar-refractivity contribution < 1.29 is 4.79 Å². The molecule has 0 saturated carbocycles. The fraction of sp³-hybridized carbons (Fsp3) is 0.300. The van der Waals surface area contributed by atoms with Crippen LogP contribution < -0.4 is 11.1 Å². The van der Waals surface area contributed by atoms with Gasteiger partial charge < -0.3 is 16.0 Å². The van der Waals surface area contributed by atoms with Gasteiger partial charge in [-0.3, -0.25) is 9.79 Å². The number of fused-ring (bicyclic) bond motifs is 1. The van der Waals surface area contributed by atoms with Gasteiger partial charge in [0.25, 0.3) is 0 Å². The van der Waals surface area contributed by atoms with Crippen molar-refractivity contribution in [2.45, 2.75) is 32.9 Å². The number of hydrogen-bond donors (Lipinski definition) is 2. The molecule has 5 nitrogen and oxygen atoms in total. The van der Waals surface area contributed by atoms with Crippen LogP contribution in [-0.2, 0) is 17.9 Å². The minimum absolute atomic E-state index is 0.177. The van der Waals surface area contributed by atoms with Crippen molar-refractivity contribution in [1.29, 1.82) is 0 Å². The van der Waals surface area contributed by atoms with Gasteiger partial charge in [0, 0.05) is 31.7 Å². The highest BCUT2D eigenvalue weighted by atomic mass is 16.2. The molecule has 0 atom stereocenters. The van der Waals surface area contributed by atoms with E-state index in [1.807, 2.05) is 48.2 Å². The lowest BCUT2D eigenvalue weighted by molar-refractivity contribution is -0.131. The number of aryl methyl sites for hydroxylation is 1. The maximum absolute atomic E-state index is 12.3. The number of amides is 1. The molecule has 1 aliphatic heterocycles. The van der Waals surface area contributed by atoms with Crippen LogP contribution in [0.15, 0.2) is 53.5 Å². The Morgan fingerprint density at radius 1 is 1.16 bits per heavy atom. The van der Waals surface area contributed by atoms with Gasteiger partial charge in [0.2, 0.25) is 5.91 Å². The third kappa shape index (κ3) is 4.59. The minimum Gasteiger partial charge on any atom is -0.370 e. The average Bonchev–Trinajstić information content (AvgIpc) is 3.03. The maximum Gasteiger partial charge on any atom is 0.223 e. The Bertz CT molecular complexity index is 760. The summed E-state index contributed by atoms with van der Waals surface area (Å²) in [6.07, 6.45) is 1.19. The Hall–Kier alpha value is -2.82. The molecule has 0 saturated heterocycles. The molecule has 0 bridgehead atoms. The summed E-state index contributed by atoms with van der Waals surface area (Å²) in [5.41, 5.74) is 10.5. The smallest absolute Gasteiger partial charge is 0.223 e. The molecule has 0 aliphatic carbocycles. The Balaban J connectivity index is 1.41. The quantitative estimate of drug-likeness (QED) is 0.501. The monoisotopic (exact) mass is 336 g/mol. The van der Waals surface area contributed by atoms with Gasteiger partial charge in [-0.15, -0.1) is 0 Å². The number of anilines is 1. The number of nitrogens with two attached hydrogens (primary N) is 1. The molecule has 25 heavy (non-hydrogen) atoms. The molecular formula is C20H24N4O. The normalized spacial score (nSPS) is 13.6. The van der Waals surface area contributed by atoms with Crippen LogP contribution in [-0.4, -0.2) is 23.3 Å². The maximum atomic E-state index is 12.3. The van der Waals surface area contributed by atoms with E-state index in [9.17, 15) is 4.79 Å². The van der Waals surface area contributed by atoms with E-state index in [1.54, 1.807) is 0 Å². The predicted octanol–water partition coefficient (Wildman–Crippen LogP) is 3.04. The molecule has 0 unspecified atom stereocenters. The van der Waals surface area contributed by atoms with E-state index in [0.29, 0.717) is 25.3 Å². The summed E-state index contributed by atoms with van der Waals surface area (Å²) in [6.45, 7) is 4.00. The molecule has 0 fully saturated rings. The highest BCUT2D eigenvalue weighted by molar-refractivity contribution is 5.92. The molecule has 3 N–H and O–H groups in total. The van der Waals surface area contributed by atoms with E-state index in [1.165, 1.54) is 11.1 Å². The number of carbonyl (C=O) groups is 1. The second kappa shape index (κ2) is 7.83. The number of aliphatic imine (C=N–C) groups is 1. The first-order valence-electron chi connectivity index (χ1n) is 8.60. The van der Waals surface area contributed by atoms with E-state index >= 15 is 0 Å². The number of rotatable bonds is 5. The van der Waals surface area contributed by atoms with Gasteiger partial charge in [0.05, 0.1) is 0 Å². The van der Waals surface area contributed by atoms with Crippen molar-refractivity contribution in [1.82, 2.24) is 4.90 Å². The zero-order valence-corrected chi connectivity index (χ0v) is 14.5. The largest absolute Gasteiger partial charge is 0.370 e. The summed E-state index contributed by atoms with van der Waals surface area (Å²) in [4.78, 5) is 18.5. The molecule has 2 aromatic rings. The van der Waals surface area contributed by atoms with Gasteiger partial charge in [0.1, 0.15) is 0 Å². The molecule has 0 radical (unpaired) electrons. The number of carbonyl (C=O) groups excluding carboxylic acids is 1. The van der Waals surface area contributed by atoms with Gasteiger partial charge in [0.15, 0.2) is 5.96 Å². The van der Waals surface area contributed by atoms with Crippen molar-refractivity contribution in [3.8, 4) is 0 Å². The van der Waals surface area contributed by atoms with Crippen molar-refractivity contribution in [3.05, 3.63) is 65.2 Å². The second-order valence-electron chi connectivity index (χ2n) is 6.38. The zero-order valence-electron chi connectivity index (χ0n) is 14.5. The van der Waals surface area contributed by atoms with Crippen molar-refractivity contribution >= 4 is 17.6 Å². The first-order valence-corrected chi connectivity index (χ1v) is 8.60. The molecular weight excluding hydrogens is 312 g/mol. The van der Waals surface area contributed by atoms with E-state index < -0.39 is 0 Å². The molecule has 0 spiro atoms. The first kappa shape index (κ1) is 17.0. The topological polar surface area (TPSA) is 70.7 Å². The number of nitrogens with zero attached hydrogens (tertiary/aromatic N) is 2. The van der Waals surface area contributed by atoms with Crippen LogP contribution in [0.5, 0.6) is 0 Å². The van der Waals surface area contributed by atoms with Crippen LogP contribution in [0.4, 0.5) is 5.69 Å². The number of nitrogens with one attached hydrogen (secondary N) is 1. The summed E-state index contributed by atoms with van der Waals surface area (Å²) in [6, 6.07) is 16.2. The Morgan fingerprint density at radius 2 is 1.88 bits per heavy atom. The standard InChI is InChI=1S/C20H24N4O/c1-15-6-4-9-18(12-15)23-20(21)22-11-5-10-19(25)24-13-16-7-2-3-8-17(16)14-24/h2-4,6-9,12H,5,10-11,13-14H2,1H3,(H3,21,22,23). The lowest BCUT2D eigenvalue weighted by Crippen LogP contribution is -2.25. The molecule has 1 amide bonds. The molecule has 1 heterocycles. The fourth-order valence-electron chi connectivity index (χ4n) is 3.01. The van der Waals surface area contributed by atoms with Crippen LogP contribution in [0.25, 0.3) is 0 Å². The van der Waals surface area contributed by atoms with E-state index in [2.05, 4.69) is 22.4 Å². The summed E-state index contributed by atoms with van der Waals surface area (Å²) >= 11 is 0. The van der Waals surface area contributed by atoms with Crippen LogP contribution in [0.2, 0.25) is 0 Å². The average molecular weight is 336 g/mol. The molecule has 0 aromatic heterocycles. The SMILES string of the molecule is Cc1cccc(NC(N)=NCCCC(=O)N2Cc3ccccc3C2)c1. The minimum atomic E-state index is 0.177. The molecule has 130 valence electrons. The number of guanidine groups is 1. The Morgan fingerprint density at radius 3 is 2.56 bits per heavy atom. The van der Waals surface area contributed by atoms with Gasteiger partial charge >= 0.3 is 0 Å². The Labute approximate surface area is 148 Å². The van der Waals surface area contributed by atoms with Gasteiger partial charge in [-0.25, -0.2) is 0 Å². The first-order chi connectivity index (χ1) is 12.1. The van der Waals surface area contributed by atoms with Crippen LogP contribution in [0.3, 0.4) is 0 Å². The lowest BCUT2D eigenvalue weighted by Gasteiger charge is -2.14. The van der Waals surface area contributed by atoms with Crippen molar-refractivity contribution in [2.24, 2.45) is 10.7 Å². The highest BCUT2D eigenvalue weighted by Crippen LogP contribution is 2.22. The molecule has 2 aromatic carbocycles. The third-order valence-corrected chi connectivity index (χ3v) is 4.31. The van der Waals surface area contributed by atoms with Gasteiger partial charge in [-0.1, -0.05) is 36.4 Å². The third-order valence-electron chi connectivity index (χ3n) is 4.31. The van der Waals surface area contributed by atoms with Gasteiger partial charge in [-0.05, 0) is 42.2 Å². The Kier molecular flexibility index (Phi) is 5.33. The van der Waals surface area contributed by atoms with E-state index in [4.69, 9.17) is 5.73 Å². The predicted molar refractivity (Wildman–Crippen MR) is 101 cm³/mol. The summed E-state index contributed by atoms with van der Waals surface area (Å²) in [5.74, 6) is 0.559. The van der Waals surface area contributed by atoms with E-state index in [-0.39, 0.29) is 5.91 Å². The number of benzene rings is 2.